The average Bonchev–Trinajstić information content (AvgIpc) is 2.69. The lowest BCUT2D eigenvalue weighted by Crippen LogP contribution is -2.52. The second kappa shape index (κ2) is 10.2. The van der Waals surface area contributed by atoms with Crippen molar-refractivity contribution in [1.82, 2.24) is 4.90 Å². The second-order valence-electron chi connectivity index (χ2n) is 8.70. The van der Waals surface area contributed by atoms with Gasteiger partial charge in [-0.25, -0.2) is 4.79 Å². The molecule has 3 rings (SSSR count). The zero-order chi connectivity index (χ0) is 22.4. The number of ether oxygens (including phenoxy) is 3. The van der Waals surface area contributed by atoms with Crippen molar-refractivity contribution in [2.45, 2.75) is 84.3 Å². The maximum Gasteiger partial charge on any atom is 0.410 e. The maximum absolute atomic E-state index is 12.4. The largest absolute Gasteiger partial charge is 0.487 e. The Hall–Kier alpha value is -2.24. The number of amides is 1. The molecule has 0 N–H and O–H groups in total. The van der Waals surface area contributed by atoms with Crippen LogP contribution in [-0.4, -0.2) is 47.9 Å². The van der Waals surface area contributed by atoms with Gasteiger partial charge in [-0.05, 0) is 45.7 Å². The number of benzene rings is 1. The Bertz CT molecular complexity index is 717. The fraction of sp³-hybridized carbons (Fsp3) is 0.667. The molecule has 0 aliphatic carbocycles. The quantitative estimate of drug-likeness (QED) is 0.622. The van der Waals surface area contributed by atoms with E-state index in [9.17, 15) is 9.59 Å². The van der Waals surface area contributed by atoms with Crippen LogP contribution < -0.4 is 4.74 Å². The molecule has 0 saturated carbocycles. The predicted octanol–water partition coefficient (Wildman–Crippen LogP) is 5.30. The summed E-state index contributed by atoms with van der Waals surface area (Å²) >= 11 is 0. The molecule has 0 bridgehead atoms. The third-order valence-electron chi connectivity index (χ3n) is 5.35. The Kier molecular flexibility index (Phi) is 8.16. The maximum atomic E-state index is 12.4. The standard InChI is InChI=1S/C22H31NO5.C2H6/c1-5-26-19(24)14-16-15-22(27-18-9-7-6-8-17(16)18)10-12-23(13-11-22)20(25)28-21(2,3)4;1-2/h6-9,16H,5,10-15H2,1-4H3;1-2H3. The number of esters is 1. The minimum Gasteiger partial charge on any atom is -0.487 e. The number of carbonyl (C=O) groups is 2. The number of rotatable bonds is 3. The Morgan fingerprint density at radius 2 is 1.80 bits per heavy atom. The highest BCUT2D eigenvalue weighted by atomic mass is 16.6. The molecule has 1 aromatic carbocycles. The fourth-order valence-electron chi connectivity index (χ4n) is 4.08. The van der Waals surface area contributed by atoms with Gasteiger partial charge in [0.05, 0.1) is 13.0 Å². The van der Waals surface area contributed by atoms with Crippen LogP contribution in [0.4, 0.5) is 4.79 Å². The normalized spacial score (nSPS) is 19.7. The summed E-state index contributed by atoms with van der Waals surface area (Å²) in [6, 6.07) is 7.93. The van der Waals surface area contributed by atoms with Gasteiger partial charge in [0.15, 0.2) is 0 Å². The first kappa shape index (κ1) is 24.0. The number of hydrogen-bond donors (Lipinski definition) is 0. The lowest BCUT2D eigenvalue weighted by molar-refractivity contribution is -0.144. The molecule has 1 spiro atoms. The Morgan fingerprint density at radius 1 is 1.17 bits per heavy atom. The van der Waals surface area contributed by atoms with Crippen LogP contribution >= 0.6 is 0 Å². The van der Waals surface area contributed by atoms with E-state index in [1.807, 2.05) is 65.8 Å². The summed E-state index contributed by atoms with van der Waals surface area (Å²) in [4.78, 5) is 26.3. The molecule has 1 amide bonds. The third-order valence-corrected chi connectivity index (χ3v) is 5.35. The van der Waals surface area contributed by atoms with Crippen LogP contribution in [0.1, 0.15) is 78.7 Å². The summed E-state index contributed by atoms with van der Waals surface area (Å²) in [7, 11) is 0. The van der Waals surface area contributed by atoms with Gasteiger partial charge in [-0.15, -0.1) is 0 Å². The number of nitrogens with zero attached hydrogens (tertiary/aromatic N) is 1. The molecule has 168 valence electrons. The number of para-hydroxylation sites is 1. The molecule has 1 aromatic rings. The first-order chi connectivity index (χ1) is 14.2. The lowest BCUT2D eigenvalue weighted by Gasteiger charge is -2.46. The average molecular weight is 420 g/mol. The molecule has 0 radical (unpaired) electrons. The molecule has 1 unspecified atom stereocenters. The van der Waals surface area contributed by atoms with Gasteiger partial charge in [-0.1, -0.05) is 32.0 Å². The SMILES string of the molecule is CC.CCOC(=O)CC1CC2(CCN(C(=O)OC(C)(C)C)CC2)Oc2ccccc21. The molecule has 2 heterocycles. The first-order valence-corrected chi connectivity index (χ1v) is 11.1. The number of likely N-dealkylation sites (tertiary alicyclic amines) is 1. The van der Waals surface area contributed by atoms with Gasteiger partial charge in [-0.2, -0.15) is 0 Å². The van der Waals surface area contributed by atoms with E-state index in [1.54, 1.807) is 4.90 Å². The van der Waals surface area contributed by atoms with E-state index >= 15 is 0 Å². The molecule has 2 aliphatic heterocycles. The van der Waals surface area contributed by atoms with Gasteiger partial charge in [-0.3, -0.25) is 4.79 Å². The molecule has 1 atom stereocenters. The van der Waals surface area contributed by atoms with Crippen molar-refractivity contribution < 1.29 is 23.8 Å². The minimum atomic E-state index is -0.503. The highest BCUT2D eigenvalue weighted by molar-refractivity contribution is 5.71. The Morgan fingerprint density at radius 3 is 2.40 bits per heavy atom. The van der Waals surface area contributed by atoms with Gasteiger partial charge >= 0.3 is 12.1 Å². The number of carbonyl (C=O) groups excluding carboxylic acids is 2. The molecule has 1 saturated heterocycles. The zero-order valence-corrected chi connectivity index (χ0v) is 19.3. The summed E-state index contributed by atoms with van der Waals surface area (Å²) in [6.07, 6.45) is 2.28. The predicted molar refractivity (Wildman–Crippen MR) is 117 cm³/mol. The number of fused-ring (bicyclic) bond motifs is 1. The van der Waals surface area contributed by atoms with Crippen molar-refractivity contribution in [3.05, 3.63) is 29.8 Å². The van der Waals surface area contributed by atoms with E-state index in [0.717, 1.165) is 30.6 Å². The number of hydrogen-bond acceptors (Lipinski definition) is 5. The molecule has 6 nitrogen and oxygen atoms in total. The monoisotopic (exact) mass is 419 g/mol. The van der Waals surface area contributed by atoms with Gasteiger partial charge in [0.2, 0.25) is 0 Å². The van der Waals surface area contributed by atoms with Gasteiger partial charge in [0.1, 0.15) is 17.0 Å². The van der Waals surface area contributed by atoms with Crippen LogP contribution in [0.3, 0.4) is 0 Å². The molecule has 0 aromatic heterocycles. The van der Waals surface area contributed by atoms with Gasteiger partial charge < -0.3 is 19.1 Å². The topological polar surface area (TPSA) is 65.1 Å². The fourth-order valence-corrected chi connectivity index (χ4v) is 4.08. The van der Waals surface area contributed by atoms with Crippen LogP contribution in [0.5, 0.6) is 5.75 Å². The van der Waals surface area contributed by atoms with E-state index in [2.05, 4.69) is 0 Å². The van der Waals surface area contributed by atoms with Crippen molar-refractivity contribution in [2.75, 3.05) is 19.7 Å². The molecule has 6 heteroatoms. The lowest BCUT2D eigenvalue weighted by atomic mass is 9.76. The van der Waals surface area contributed by atoms with E-state index in [4.69, 9.17) is 14.2 Å². The van der Waals surface area contributed by atoms with Gasteiger partial charge in [0.25, 0.3) is 0 Å². The summed E-state index contributed by atoms with van der Waals surface area (Å²) < 4.78 is 17.1. The van der Waals surface area contributed by atoms with E-state index in [1.165, 1.54) is 0 Å². The van der Waals surface area contributed by atoms with Crippen molar-refractivity contribution in [2.24, 2.45) is 0 Å². The Labute approximate surface area is 180 Å². The molecular weight excluding hydrogens is 382 g/mol. The zero-order valence-electron chi connectivity index (χ0n) is 19.3. The smallest absolute Gasteiger partial charge is 0.410 e. The van der Waals surface area contributed by atoms with Crippen molar-refractivity contribution in [1.29, 1.82) is 0 Å². The summed E-state index contributed by atoms with van der Waals surface area (Å²) in [5.41, 5.74) is 0.206. The summed E-state index contributed by atoms with van der Waals surface area (Å²) in [5, 5.41) is 0. The molecule has 2 aliphatic rings. The van der Waals surface area contributed by atoms with Crippen LogP contribution in [0.2, 0.25) is 0 Å². The van der Waals surface area contributed by atoms with Gasteiger partial charge in [0, 0.05) is 31.8 Å². The highest BCUT2D eigenvalue weighted by Crippen LogP contribution is 2.46. The van der Waals surface area contributed by atoms with Crippen molar-refractivity contribution in [3.63, 3.8) is 0 Å². The molecular formula is C24H37NO5. The molecule has 30 heavy (non-hydrogen) atoms. The second-order valence-corrected chi connectivity index (χ2v) is 8.70. The Balaban J connectivity index is 0.00000155. The van der Waals surface area contributed by atoms with E-state index in [-0.39, 0.29) is 23.6 Å². The summed E-state index contributed by atoms with van der Waals surface area (Å²) in [5.74, 6) is 0.733. The van der Waals surface area contributed by atoms with Crippen LogP contribution in [0.15, 0.2) is 24.3 Å². The van der Waals surface area contributed by atoms with E-state index in [0.29, 0.717) is 26.1 Å². The van der Waals surface area contributed by atoms with Crippen LogP contribution in [0, 0.1) is 0 Å². The first-order valence-electron chi connectivity index (χ1n) is 11.1. The van der Waals surface area contributed by atoms with Crippen LogP contribution in [0.25, 0.3) is 0 Å². The van der Waals surface area contributed by atoms with E-state index < -0.39 is 5.60 Å². The third kappa shape index (κ3) is 6.13. The molecule has 1 fully saturated rings. The van der Waals surface area contributed by atoms with Crippen molar-refractivity contribution >= 4 is 12.1 Å². The van der Waals surface area contributed by atoms with Crippen LogP contribution in [-0.2, 0) is 14.3 Å². The highest BCUT2D eigenvalue weighted by Gasteiger charge is 2.44. The summed E-state index contributed by atoms with van der Waals surface area (Å²) in [6.45, 7) is 13.0. The number of piperidine rings is 1. The van der Waals surface area contributed by atoms with Crippen molar-refractivity contribution in [3.8, 4) is 5.75 Å². The minimum absolute atomic E-state index is 0.0667.